The van der Waals surface area contributed by atoms with E-state index >= 15 is 0 Å². The van der Waals surface area contributed by atoms with Crippen molar-refractivity contribution in [2.24, 2.45) is 0 Å². The molecule has 0 bridgehead atoms. The molecule has 2 aromatic rings. The summed E-state index contributed by atoms with van der Waals surface area (Å²) in [4.78, 5) is 3.94. The Morgan fingerprint density at radius 3 is 2.10 bits per heavy atom. The van der Waals surface area contributed by atoms with Gasteiger partial charge in [0.1, 0.15) is 5.82 Å². The van der Waals surface area contributed by atoms with Gasteiger partial charge in [-0.2, -0.15) is 0 Å². The zero-order valence-electron chi connectivity index (χ0n) is 12.6. The van der Waals surface area contributed by atoms with Crippen molar-refractivity contribution in [2.75, 3.05) is 37.5 Å². The predicted octanol–water partition coefficient (Wildman–Crippen LogP) is 3.06. The second-order valence-corrected chi connectivity index (χ2v) is 5.33. The van der Waals surface area contributed by atoms with Crippen molar-refractivity contribution in [2.45, 2.75) is 6.10 Å². The molecule has 112 valence electrons. The summed E-state index contributed by atoms with van der Waals surface area (Å²) in [7, 11) is 5.86. The summed E-state index contributed by atoms with van der Waals surface area (Å²) in [6.45, 7) is 0.336. The van der Waals surface area contributed by atoms with Crippen molar-refractivity contribution in [3.05, 3.63) is 59.9 Å². The molecule has 0 heterocycles. The molecule has 3 nitrogen and oxygen atoms in total. The third-order valence-electron chi connectivity index (χ3n) is 3.52. The van der Waals surface area contributed by atoms with Crippen LogP contribution in [0.25, 0.3) is 0 Å². The lowest BCUT2D eigenvalue weighted by molar-refractivity contribution is 0.180. The summed E-state index contributed by atoms with van der Waals surface area (Å²) in [6, 6.07) is 14.3. The van der Waals surface area contributed by atoms with Gasteiger partial charge in [-0.05, 0) is 30.3 Å². The second-order valence-electron chi connectivity index (χ2n) is 5.33. The van der Waals surface area contributed by atoms with Crippen LogP contribution in [0.4, 0.5) is 15.8 Å². The molecule has 0 saturated carbocycles. The molecule has 0 aliphatic rings. The number of benzene rings is 2. The van der Waals surface area contributed by atoms with Crippen molar-refractivity contribution >= 4 is 11.4 Å². The SMILES string of the molecule is CN(C)c1ccc(N(C)CC(O)c2ccccc2F)cc1. The van der Waals surface area contributed by atoms with Gasteiger partial charge in [-0.1, -0.05) is 18.2 Å². The van der Waals surface area contributed by atoms with E-state index in [-0.39, 0.29) is 5.82 Å². The lowest BCUT2D eigenvalue weighted by atomic mass is 10.1. The van der Waals surface area contributed by atoms with Gasteiger partial charge in [0.15, 0.2) is 0 Å². The quantitative estimate of drug-likeness (QED) is 0.916. The van der Waals surface area contributed by atoms with Crippen molar-refractivity contribution in [3.8, 4) is 0 Å². The molecule has 0 aliphatic heterocycles. The van der Waals surface area contributed by atoms with Gasteiger partial charge in [0.25, 0.3) is 0 Å². The van der Waals surface area contributed by atoms with E-state index < -0.39 is 6.10 Å². The molecule has 1 unspecified atom stereocenters. The Balaban J connectivity index is 2.07. The fraction of sp³-hybridized carbons (Fsp3) is 0.294. The summed E-state index contributed by atoms with van der Waals surface area (Å²) >= 11 is 0. The highest BCUT2D eigenvalue weighted by Crippen LogP contribution is 2.22. The first-order valence-corrected chi connectivity index (χ1v) is 6.90. The smallest absolute Gasteiger partial charge is 0.129 e. The van der Waals surface area contributed by atoms with Crippen LogP contribution in [0.5, 0.6) is 0 Å². The highest BCUT2D eigenvalue weighted by atomic mass is 19.1. The van der Waals surface area contributed by atoms with Crippen LogP contribution in [0.3, 0.4) is 0 Å². The standard InChI is InChI=1S/C17H21FN2O/c1-19(2)13-8-10-14(11-9-13)20(3)12-17(21)15-6-4-5-7-16(15)18/h4-11,17,21H,12H2,1-3H3. The van der Waals surface area contributed by atoms with Crippen LogP contribution in [0.1, 0.15) is 11.7 Å². The molecule has 4 heteroatoms. The Bertz CT molecular complexity index is 584. The fourth-order valence-electron chi connectivity index (χ4n) is 2.21. The summed E-state index contributed by atoms with van der Waals surface area (Å²) in [5.41, 5.74) is 2.42. The highest BCUT2D eigenvalue weighted by Gasteiger charge is 2.14. The van der Waals surface area contributed by atoms with Gasteiger partial charge >= 0.3 is 0 Å². The molecule has 1 N–H and O–H groups in total. The number of aliphatic hydroxyl groups is 1. The maximum atomic E-state index is 13.7. The minimum Gasteiger partial charge on any atom is -0.386 e. The van der Waals surface area contributed by atoms with Crippen LogP contribution in [0, 0.1) is 5.82 Å². The van der Waals surface area contributed by atoms with Crippen molar-refractivity contribution in [3.63, 3.8) is 0 Å². The van der Waals surface area contributed by atoms with Gasteiger partial charge in [-0.25, -0.2) is 4.39 Å². The van der Waals surface area contributed by atoms with Gasteiger partial charge in [0, 0.05) is 44.6 Å². The van der Waals surface area contributed by atoms with Gasteiger partial charge in [0.05, 0.1) is 6.10 Å². The Labute approximate surface area is 125 Å². The topological polar surface area (TPSA) is 26.7 Å². The van der Waals surface area contributed by atoms with Gasteiger partial charge in [-0.15, -0.1) is 0 Å². The van der Waals surface area contributed by atoms with Crippen LogP contribution in [-0.2, 0) is 0 Å². The summed E-state index contributed by atoms with van der Waals surface area (Å²) in [5, 5.41) is 10.2. The first-order chi connectivity index (χ1) is 9.99. The number of halogens is 1. The third-order valence-corrected chi connectivity index (χ3v) is 3.52. The number of nitrogens with zero attached hydrogens (tertiary/aromatic N) is 2. The minimum atomic E-state index is -0.857. The van der Waals surface area contributed by atoms with E-state index in [1.54, 1.807) is 18.2 Å². The van der Waals surface area contributed by atoms with Gasteiger partial charge < -0.3 is 14.9 Å². The first-order valence-electron chi connectivity index (χ1n) is 6.90. The largest absolute Gasteiger partial charge is 0.386 e. The molecule has 2 aromatic carbocycles. The Kier molecular flexibility index (Phi) is 4.81. The minimum absolute atomic E-state index is 0.328. The monoisotopic (exact) mass is 288 g/mol. The van der Waals surface area contributed by atoms with E-state index in [9.17, 15) is 9.50 Å². The van der Waals surface area contributed by atoms with Crippen LogP contribution < -0.4 is 9.80 Å². The summed E-state index contributed by atoms with van der Waals surface area (Å²) in [6.07, 6.45) is -0.857. The van der Waals surface area contributed by atoms with Crippen LogP contribution >= 0.6 is 0 Å². The average molecular weight is 288 g/mol. The number of likely N-dealkylation sites (N-methyl/N-ethyl adjacent to an activating group) is 1. The number of hydrogen-bond donors (Lipinski definition) is 1. The van der Waals surface area contributed by atoms with Crippen molar-refractivity contribution in [1.82, 2.24) is 0 Å². The second kappa shape index (κ2) is 6.59. The van der Waals surface area contributed by atoms with E-state index in [1.807, 2.05) is 55.2 Å². The van der Waals surface area contributed by atoms with Crippen LogP contribution in [0.2, 0.25) is 0 Å². The van der Waals surface area contributed by atoms with E-state index in [0.717, 1.165) is 11.4 Å². The number of hydrogen-bond acceptors (Lipinski definition) is 3. The normalized spacial score (nSPS) is 12.0. The van der Waals surface area contributed by atoms with Crippen LogP contribution in [-0.4, -0.2) is 32.8 Å². The Hall–Kier alpha value is -2.07. The summed E-state index contributed by atoms with van der Waals surface area (Å²) in [5.74, 6) is -0.374. The molecule has 0 aliphatic carbocycles. The molecule has 0 spiro atoms. The maximum Gasteiger partial charge on any atom is 0.129 e. The van der Waals surface area contributed by atoms with Crippen molar-refractivity contribution in [1.29, 1.82) is 0 Å². The van der Waals surface area contributed by atoms with E-state index in [1.165, 1.54) is 6.07 Å². The van der Waals surface area contributed by atoms with E-state index in [4.69, 9.17) is 0 Å². The molecule has 0 aromatic heterocycles. The molecule has 0 amide bonds. The molecule has 1 atom stereocenters. The predicted molar refractivity (Wildman–Crippen MR) is 85.4 cm³/mol. The highest BCUT2D eigenvalue weighted by molar-refractivity contribution is 5.55. The zero-order chi connectivity index (χ0) is 15.4. The van der Waals surface area contributed by atoms with E-state index in [0.29, 0.717) is 12.1 Å². The zero-order valence-corrected chi connectivity index (χ0v) is 12.6. The van der Waals surface area contributed by atoms with Crippen LogP contribution in [0.15, 0.2) is 48.5 Å². The first kappa shape index (κ1) is 15.3. The van der Waals surface area contributed by atoms with Gasteiger partial charge in [-0.3, -0.25) is 0 Å². The van der Waals surface area contributed by atoms with E-state index in [2.05, 4.69) is 0 Å². The summed E-state index contributed by atoms with van der Waals surface area (Å²) < 4.78 is 13.7. The molecule has 21 heavy (non-hydrogen) atoms. The molecular weight excluding hydrogens is 267 g/mol. The number of aliphatic hydroxyl groups excluding tert-OH is 1. The average Bonchev–Trinajstić information content (AvgIpc) is 2.47. The van der Waals surface area contributed by atoms with Crippen molar-refractivity contribution < 1.29 is 9.50 Å². The van der Waals surface area contributed by atoms with Gasteiger partial charge in [0.2, 0.25) is 0 Å². The molecule has 2 rings (SSSR count). The molecule has 0 fully saturated rings. The molecular formula is C17H21FN2O. The molecule has 0 saturated heterocycles. The third kappa shape index (κ3) is 3.73. The number of rotatable bonds is 5. The molecule has 0 radical (unpaired) electrons. The Morgan fingerprint density at radius 1 is 0.952 bits per heavy atom. The Morgan fingerprint density at radius 2 is 1.52 bits per heavy atom. The lowest BCUT2D eigenvalue weighted by Gasteiger charge is -2.24. The lowest BCUT2D eigenvalue weighted by Crippen LogP contribution is -2.24. The maximum absolute atomic E-state index is 13.7. The fourth-order valence-corrected chi connectivity index (χ4v) is 2.21. The number of anilines is 2.